The monoisotopic (exact) mass is 206 g/mol. The third kappa shape index (κ3) is 0.863. The lowest BCUT2D eigenvalue weighted by Crippen LogP contribution is -2.57. The highest BCUT2D eigenvalue weighted by atomic mass is 16.7. The van der Waals surface area contributed by atoms with E-state index in [0.717, 1.165) is 0 Å². The Kier molecular flexibility index (Phi) is 1.74. The van der Waals surface area contributed by atoms with Crippen molar-refractivity contribution in [2.24, 2.45) is 23.7 Å². The van der Waals surface area contributed by atoms with Crippen LogP contribution in [0.3, 0.4) is 0 Å². The van der Waals surface area contributed by atoms with E-state index in [4.69, 9.17) is 9.47 Å². The molecule has 0 aromatic carbocycles. The average molecular weight is 206 g/mol. The van der Waals surface area contributed by atoms with E-state index in [-0.39, 0.29) is 23.5 Å². The van der Waals surface area contributed by atoms with Crippen LogP contribution in [0.2, 0.25) is 0 Å². The third-order valence-electron chi connectivity index (χ3n) is 4.05. The first-order valence-corrected chi connectivity index (χ1v) is 5.29. The van der Waals surface area contributed by atoms with E-state index in [1.165, 1.54) is 0 Å². The molecule has 2 fully saturated rings. The number of methoxy groups -OCH3 is 1. The molecular formula is C12H14O3. The van der Waals surface area contributed by atoms with Gasteiger partial charge in [-0.3, -0.25) is 4.79 Å². The lowest BCUT2D eigenvalue weighted by molar-refractivity contribution is -0.216. The molecular weight excluding hydrogens is 192 g/mol. The first-order valence-electron chi connectivity index (χ1n) is 5.29. The zero-order valence-electron chi connectivity index (χ0n) is 8.68. The molecule has 1 saturated heterocycles. The summed E-state index contributed by atoms with van der Waals surface area (Å²) in [6.07, 6.45) is 5.95. The molecule has 1 heterocycles. The summed E-state index contributed by atoms with van der Waals surface area (Å²) >= 11 is 0. The van der Waals surface area contributed by atoms with E-state index in [2.05, 4.69) is 12.7 Å². The van der Waals surface area contributed by atoms with Crippen molar-refractivity contribution >= 4 is 5.78 Å². The molecule has 0 radical (unpaired) electrons. The van der Waals surface area contributed by atoms with Crippen molar-refractivity contribution in [3.05, 3.63) is 24.8 Å². The van der Waals surface area contributed by atoms with E-state index in [1.54, 1.807) is 7.11 Å². The Morgan fingerprint density at radius 1 is 1.67 bits per heavy atom. The minimum absolute atomic E-state index is 0.0659. The van der Waals surface area contributed by atoms with Crippen LogP contribution in [0.15, 0.2) is 24.8 Å². The zero-order chi connectivity index (χ0) is 10.6. The van der Waals surface area contributed by atoms with Gasteiger partial charge in [0.25, 0.3) is 0 Å². The molecule has 0 spiro atoms. The molecule has 3 heteroatoms. The number of hydrogen-bond donors (Lipinski definition) is 0. The summed E-state index contributed by atoms with van der Waals surface area (Å²) in [4.78, 5) is 12.2. The average Bonchev–Trinajstić information content (AvgIpc) is 2.63. The van der Waals surface area contributed by atoms with E-state index in [9.17, 15) is 4.79 Å². The van der Waals surface area contributed by atoms with Gasteiger partial charge in [0.2, 0.25) is 5.79 Å². The van der Waals surface area contributed by atoms with Crippen LogP contribution in [-0.4, -0.2) is 25.3 Å². The highest BCUT2D eigenvalue weighted by Gasteiger charge is 2.65. The molecule has 15 heavy (non-hydrogen) atoms. The van der Waals surface area contributed by atoms with Gasteiger partial charge in [0, 0.05) is 24.9 Å². The third-order valence-corrected chi connectivity index (χ3v) is 4.05. The van der Waals surface area contributed by atoms with E-state index in [1.807, 2.05) is 12.2 Å². The number of carbonyl (C=O) groups excluding carboxylic acids is 1. The van der Waals surface area contributed by atoms with Gasteiger partial charge < -0.3 is 9.47 Å². The molecule has 4 rings (SSSR count). The first kappa shape index (κ1) is 9.31. The molecule has 80 valence electrons. The smallest absolute Gasteiger partial charge is 0.236 e. The number of ether oxygens (including phenoxy) is 2. The van der Waals surface area contributed by atoms with Crippen LogP contribution in [0.5, 0.6) is 0 Å². The lowest BCUT2D eigenvalue weighted by Gasteiger charge is -2.45. The van der Waals surface area contributed by atoms with Crippen LogP contribution in [-0.2, 0) is 14.3 Å². The second-order valence-corrected chi connectivity index (χ2v) is 4.46. The predicted octanol–water partition coefficient (Wildman–Crippen LogP) is 1.16. The molecule has 3 aliphatic carbocycles. The fourth-order valence-electron chi connectivity index (χ4n) is 3.30. The number of Topliss-reactive ketones (excluding diaryl/α,β-unsaturated/α-hetero) is 1. The van der Waals surface area contributed by atoms with Crippen molar-refractivity contribution in [2.75, 3.05) is 13.7 Å². The maximum absolute atomic E-state index is 12.2. The van der Waals surface area contributed by atoms with E-state index < -0.39 is 5.79 Å². The highest BCUT2D eigenvalue weighted by molar-refractivity contribution is 5.93. The Hall–Kier alpha value is -0.930. The van der Waals surface area contributed by atoms with Crippen molar-refractivity contribution in [1.29, 1.82) is 0 Å². The van der Waals surface area contributed by atoms with Crippen LogP contribution in [0.1, 0.15) is 0 Å². The van der Waals surface area contributed by atoms with Gasteiger partial charge in [-0.1, -0.05) is 18.2 Å². The van der Waals surface area contributed by atoms with Gasteiger partial charge in [-0.25, -0.2) is 0 Å². The standard InChI is InChI=1S/C12H14O3/c1-3-7-8-4-5-10-9(7)6-15-12(10,14-2)11(8)13/h3-5,7-10H,1,6H2,2H3/t7-,8+,9+,10-,12+/m0/s1. The number of allylic oxidation sites excluding steroid dienone is 2. The summed E-state index contributed by atoms with van der Waals surface area (Å²) in [6, 6.07) is 0. The molecule has 0 unspecified atom stereocenters. The van der Waals surface area contributed by atoms with Gasteiger partial charge in [0.1, 0.15) is 0 Å². The molecule has 3 nitrogen and oxygen atoms in total. The summed E-state index contributed by atoms with van der Waals surface area (Å²) in [5.74, 6) is -0.364. The molecule has 1 aliphatic heterocycles. The van der Waals surface area contributed by atoms with Crippen molar-refractivity contribution in [2.45, 2.75) is 5.79 Å². The van der Waals surface area contributed by atoms with Crippen LogP contribution >= 0.6 is 0 Å². The number of ketones is 1. The summed E-state index contributed by atoms with van der Waals surface area (Å²) in [7, 11) is 1.55. The molecule has 0 amide bonds. The number of carbonyl (C=O) groups is 1. The Morgan fingerprint density at radius 3 is 3.13 bits per heavy atom. The highest BCUT2D eigenvalue weighted by Crippen LogP contribution is 2.54. The minimum atomic E-state index is -0.983. The van der Waals surface area contributed by atoms with Gasteiger partial charge in [0.05, 0.1) is 6.61 Å². The summed E-state index contributed by atoms with van der Waals surface area (Å²) in [5, 5.41) is 0. The summed E-state index contributed by atoms with van der Waals surface area (Å²) in [5.41, 5.74) is 0. The van der Waals surface area contributed by atoms with Crippen molar-refractivity contribution in [3.63, 3.8) is 0 Å². The molecule has 0 aromatic heterocycles. The van der Waals surface area contributed by atoms with Crippen molar-refractivity contribution in [1.82, 2.24) is 0 Å². The quantitative estimate of drug-likeness (QED) is 0.636. The van der Waals surface area contributed by atoms with E-state index in [0.29, 0.717) is 12.5 Å². The van der Waals surface area contributed by atoms with Gasteiger partial charge in [0.15, 0.2) is 5.78 Å². The van der Waals surface area contributed by atoms with Crippen LogP contribution in [0.25, 0.3) is 0 Å². The first-order chi connectivity index (χ1) is 7.24. The lowest BCUT2D eigenvalue weighted by atomic mass is 9.60. The summed E-state index contributed by atoms with van der Waals surface area (Å²) < 4.78 is 11.0. The largest absolute Gasteiger partial charge is 0.347 e. The Bertz CT molecular complexity index is 360. The molecule has 4 aliphatic rings. The maximum Gasteiger partial charge on any atom is 0.236 e. The molecule has 4 bridgehead atoms. The summed E-state index contributed by atoms with van der Waals surface area (Å²) in [6.45, 7) is 4.42. The number of hydrogen-bond acceptors (Lipinski definition) is 3. The second kappa shape index (κ2) is 2.80. The predicted molar refractivity (Wildman–Crippen MR) is 54.0 cm³/mol. The van der Waals surface area contributed by atoms with Crippen LogP contribution in [0, 0.1) is 23.7 Å². The maximum atomic E-state index is 12.2. The topological polar surface area (TPSA) is 35.5 Å². The second-order valence-electron chi connectivity index (χ2n) is 4.46. The molecule has 0 aromatic rings. The van der Waals surface area contributed by atoms with Crippen molar-refractivity contribution < 1.29 is 14.3 Å². The Morgan fingerprint density at radius 2 is 2.47 bits per heavy atom. The van der Waals surface area contributed by atoms with E-state index >= 15 is 0 Å². The molecule has 1 saturated carbocycles. The Balaban J connectivity index is 2.13. The Labute approximate surface area is 88.7 Å². The fourth-order valence-corrected chi connectivity index (χ4v) is 3.30. The zero-order valence-corrected chi connectivity index (χ0v) is 8.68. The fraction of sp³-hybridized carbons (Fsp3) is 0.583. The molecule has 0 N–H and O–H groups in total. The van der Waals surface area contributed by atoms with Crippen LogP contribution < -0.4 is 0 Å². The van der Waals surface area contributed by atoms with Gasteiger partial charge in [-0.15, -0.1) is 6.58 Å². The molecule has 5 atom stereocenters. The normalized spacial score (nSPS) is 51.1. The van der Waals surface area contributed by atoms with Gasteiger partial charge in [-0.05, 0) is 5.92 Å². The minimum Gasteiger partial charge on any atom is -0.347 e. The number of rotatable bonds is 2. The van der Waals surface area contributed by atoms with Gasteiger partial charge >= 0.3 is 0 Å². The van der Waals surface area contributed by atoms with Gasteiger partial charge in [-0.2, -0.15) is 0 Å². The van der Waals surface area contributed by atoms with Crippen LogP contribution in [0.4, 0.5) is 0 Å². The SMILES string of the molecule is C=C[C@@H]1[C@H]2CO[C@@]3(OC)C(=O)[C@@H]1C=C[C@@H]23. The van der Waals surface area contributed by atoms with Crippen molar-refractivity contribution in [3.8, 4) is 0 Å².